The Morgan fingerprint density at radius 3 is 2.78 bits per heavy atom. The lowest BCUT2D eigenvalue weighted by Crippen LogP contribution is -2.29. The van der Waals surface area contributed by atoms with Crippen LogP contribution in [-0.4, -0.2) is 52.2 Å². The van der Waals surface area contributed by atoms with Crippen LogP contribution in [0.2, 0.25) is 5.02 Å². The fourth-order valence-corrected chi connectivity index (χ4v) is 3.52. The Kier molecular flexibility index (Phi) is 9.44. The van der Waals surface area contributed by atoms with Gasteiger partial charge in [-0.3, -0.25) is 14.7 Å². The number of benzene rings is 1. The third kappa shape index (κ3) is 7.48. The van der Waals surface area contributed by atoms with Gasteiger partial charge in [-0.1, -0.05) is 66.2 Å². The standard InChI is InChI=1S/C24H28Cl2N4O2/c1-5-10-19(25)11-6-9-14-22(20-12-7-8-13-21(20)26)28-29(4)18(2)27-23-15-24(3,32)16-30(23)17-31/h5-13,17,32H,2,14-16H2,1,3-4H3/b9-6+,10-5-,19-11+,27-23-,28-22+. The predicted octanol–water partition coefficient (Wildman–Crippen LogP) is 5.10. The highest BCUT2D eigenvalue weighted by molar-refractivity contribution is 6.34. The first kappa shape index (κ1) is 25.6. The second-order valence-electron chi connectivity index (χ2n) is 7.59. The van der Waals surface area contributed by atoms with Gasteiger partial charge < -0.3 is 5.11 Å². The molecule has 1 N–H and O–H groups in total. The van der Waals surface area contributed by atoms with E-state index >= 15 is 0 Å². The molecule has 0 spiro atoms. The first-order valence-electron chi connectivity index (χ1n) is 10.1. The highest BCUT2D eigenvalue weighted by Crippen LogP contribution is 2.23. The zero-order valence-corrected chi connectivity index (χ0v) is 20.0. The van der Waals surface area contributed by atoms with Crippen LogP contribution in [0.25, 0.3) is 0 Å². The van der Waals surface area contributed by atoms with Crippen molar-refractivity contribution >= 4 is 41.2 Å². The summed E-state index contributed by atoms with van der Waals surface area (Å²) in [6.07, 6.45) is 10.6. The average molecular weight is 475 g/mol. The largest absolute Gasteiger partial charge is 0.388 e. The van der Waals surface area contributed by atoms with Crippen molar-refractivity contribution in [2.24, 2.45) is 10.1 Å². The monoisotopic (exact) mass is 474 g/mol. The van der Waals surface area contributed by atoms with Crippen LogP contribution in [0.3, 0.4) is 0 Å². The minimum absolute atomic E-state index is 0.189. The fraction of sp³-hybridized carbons (Fsp3) is 0.292. The average Bonchev–Trinajstić information content (AvgIpc) is 3.04. The van der Waals surface area contributed by atoms with E-state index in [1.54, 1.807) is 32.2 Å². The maximum atomic E-state index is 11.3. The summed E-state index contributed by atoms with van der Waals surface area (Å²) in [6.45, 7) is 7.71. The first-order valence-corrected chi connectivity index (χ1v) is 10.8. The Morgan fingerprint density at radius 1 is 1.41 bits per heavy atom. The summed E-state index contributed by atoms with van der Waals surface area (Å²) in [7, 11) is 1.72. The number of rotatable bonds is 9. The Labute approximate surface area is 199 Å². The molecule has 0 saturated carbocycles. The van der Waals surface area contributed by atoms with Gasteiger partial charge in [0.25, 0.3) is 0 Å². The van der Waals surface area contributed by atoms with Crippen LogP contribution in [0, 0.1) is 0 Å². The molecule has 6 nitrogen and oxygen atoms in total. The van der Waals surface area contributed by atoms with Crippen LogP contribution in [0.1, 0.15) is 32.3 Å². The van der Waals surface area contributed by atoms with Gasteiger partial charge >= 0.3 is 0 Å². The molecule has 1 aliphatic rings. The molecular formula is C24H28Cl2N4O2. The maximum Gasteiger partial charge on any atom is 0.215 e. The van der Waals surface area contributed by atoms with Crippen LogP contribution < -0.4 is 0 Å². The van der Waals surface area contributed by atoms with E-state index in [0.717, 1.165) is 5.56 Å². The molecule has 170 valence electrons. The molecule has 1 amide bonds. The Bertz CT molecular complexity index is 993. The van der Waals surface area contributed by atoms with Crippen LogP contribution in [0.15, 0.2) is 82.2 Å². The molecule has 0 aromatic heterocycles. The van der Waals surface area contributed by atoms with Crippen molar-refractivity contribution in [3.8, 4) is 0 Å². The van der Waals surface area contributed by atoms with E-state index < -0.39 is 5.60 Å². The Hall–Kier alpha value is -2.67. The summed E-state index contributed by atoms with van der Waals surface area (Å²) >= 11 is 12.5. The highest BCUT2D eigenvalue weighted by atomic mass is 35.5. The highest BCUT2D eigenvalue weighted by Gasteiger charge is 2.36. The number of allylic oxidation sites excluding steroid dienone is 6. The van der Waals surface area contributed by atoms with Crippen LogP contribution >= 0.6 is 23.2 Å². The number of carbonyl (C=O) groups excluding carboxylic acids is 1. The number of amidine groups is 1. The second kappa shape index (κ2) is 11.8. The predicted molar refractivity (Wildman–Crippen MR) is 133 cm³/mol. The molecule has 0 radical (unpaired) electrons. The van der Waals surface area contributed by atoms with Gasteiger partial charge in [-0.05, 0) is 32.1 Å². The topological polar surface area (TPSA) is 68.5 Å². The molecule has 1 fully saturated rings. The number of aliphatic imine (C=N–C) groups is 1. The lowest BCUT2D eigenvalue weighted by Gasteiger charge is -2.17. The minimum atomic E-state index is -1.02. The van der Waals surface area contributed by atoms with Gasteiger partial charge in [0.1, 0.15) is 11.7 Å². The van der Waals surface area contributed by atoms with E-state index in [4.69, 9.17) is 23.2 Å². The lowest BCUT2D eigenvalue weighted by molar-refractivity contribution is -0.115. The first-order chi connectivity index (χ1) is 15.2. The van der Waals surface area contributed by atoms with Gasteiger partial charge in [0.15, 0.2) is 0 Å². The smallest absolute Gasteiger partial charge is 0.215 e. The molecule has 8 heteroatoms. The summed E-state index contributed by atoms with van der Waals surface area (Å²) in [4.78, 5) is 17.1. The fourth-order valence-electron chi connectivity index (χ4n) is 3.07. The summed E-state index contributed by atoms with van der Waals surface area (Å²) in [5.41, 5.74) is 0.474. The number of hydrogen-bond acceptors (Lipinski definition) is 5. The van der Waals surface area contributed by atoms with Crippen LogP contribution in [0.5, 0.6) is 0 Å². The zero-order chi connectivity index (χ0) is 23.7. The number of carbonyl (C=O) groups is 1. The number of aliphatic hydroxyl groups is 1. The molecule has 1 aromatic rings. The SMILES string of the molecule is C=C(/N=C1/CC(C)(O)CN1C=O)N(C)/N=C(\C/C=C/C=C(Cl)\C=C/C)c1ccccc1Cl. The number of amides is 1. The van der Waals surface area contributed by atoms with E-state index in [-0.39, 0.29) is 13.0 Å². The Morgan fingerprint density at radius 2 is 2.12 bits per heavy atom. The summed E-state index contributed by atoms with van der Waals surface area (Å²) in [5, 5.41) is 17.6. The maximum absolute atomic E-state index is 11.3. The summed E-state index contributed by atoms with van der Waals surface area (Å²) < 4.78 is 0. The number of likely N-dealkylation sites (tertiary alicyclic amines) is 1. The van der Waals surface area contributed by atoms with E-state index in [1.807, 2.05) is 43.4 Å². The third-order valence-electron chi connectivity index (χ3n) is 4.62. The third-order valence-corrected chi connectivity index (χ3v) is 5.21. The molecule has 1 aromatic carbocycles. The van der Waals surface area contributed by atoms with E-state index in [2.05, 4.69) is 16.7 Å². The number of nitrogens with zero attached hydrogens (tertiary/aromatic N) is 4. The molecule has 1 aliphatic heterocycles. The van der Waals surface area contributed by atoms with E-state index in [1.165, 1.54) is 9.91 Å². The van der Waals surface area contributed by atoms with Crippen molar-refractivity contribution in [1.29, 1.82) is 0 Å². The quantitative estimate of drug-likeness (QED) is 0.234. The van der Waals surface area contributed by atoms with E-state index in [9.17, 15) is 9.90 Å². The van der Waals surface area contributed by atoms with Gasteiger partial charge in [0.05, 0.1) is 17.9 Å². The number of hydrazone groups is 1. The van der Waals surface area contributed by atoms with Gasteiger partial charge in [-0.15, -0.1) is 0 Å². The molecule has 1 atom stereocenters. The van der Waals surface area contributed by atoms with Crippen molar-refractivity contribution in [2.45, 2.75) is 32.3 Å². The number of halogens is 2. The summed E-state index contributed by atoms with van der Waals surface area (Å²) in [6, 6.07) is 7.44. The lowest BCUT2D eigenvalue weighted by atomic mass is 10.1. The van der Waals surface area contributed by atoms with Gasteiger partial charge in [-0.25, -0.2) is 4.99 Å². The Balaban J connectivity index is 2.29. The molecule has 2 rings (SSSR count). The molecule has 1 saturated heterocycles. The number of β-amino-alcohol motifs (C(OH)–C–C–N with tert-alkyl or cyclic N) is 1. The molecule has 0 aliphatic carbocycles. The van der Waals surface area contributed by atoms with Gasteiger partial charge in [0, 0.05) is 35.5 Å². The van der Waals surface area contributed by atoms with Crippen molar-refractivity contribution in [3.05, 3.63) is 82.7 Å². The van der Waals surface area contributed by atoms with Gasteiger partial charge in [-0.2, -0.15) is 5.10 Å². The molecule has 0 bridgehead atoms. The number of hydrogen-bond donors (Lipinski definition) is 1. The van der Waals surface area contributed by atoms with Gasteiger partial charge in [0.2, 0.25) is 6.41 Å². The van der Waals surface area contributed by atoms with Crippen molar-refractivity contribution in [2.75, 3.05) is 13.6 Å². The molecule has 1 unspecified atom stereocenters. The minimum Gasteiger partial charge on any atom is -0.388 e. The van der Waals surface area contributed by atoms with Crippen LogP contribution in [0.4, 0.5) is 0 Å². The second-order valence-corrected chi connectivity index (χ2v) is 8.43. The summed E-state index contributed by atoms with van der Waals surface area (Å²) in [5.74, 6) is 0.772. The van der Waals surface area contributed by atoms with Crippen LogP contribution in [-0.2, 0) is 4.79 Å². The zero-order valence-electron chi connectivity index (χ0n) is 18.5. The normalized spacial score (nSPS) is 21.2. The molecular weight excluding hydrogens is 447 g/mol. The van der Waals surface area contributed by atoms with Crippen molar-refractivity contribution < 1.29 is 9.90 Å². The van der Waals surface area contributed by atoms with Crippen molar-refractivity contribution in [3.63, 3.8) is 0 Å². The van der Waals surface area contributed by atoms with Crippen molar-refractivity contribution in [1.82, 2.24) is 9.91 Å². The molecule has 1 heterocycles. The van der Waals surface area contributed by atoms with E-state index in [0.29, 0.717) is 40.3 Å². The molecule has 32 heavy (non-hydrogen) atoms.